The Morgan fingerprint density at radius 3 is 2.45 bits per heavy atom. The number of benzene rings is 3. The number of carbonyl (C=O) groups is 1. The summed E-state index contributed by atoms with van der Waals surface area (Å²) in [5.74, 6) is 0.677. The first-order valence-corrected chi connectivity index (χ1v) is 11.3. The van der Waals surface area contributed by atoms with Crippen LogP contribution in [0, 0.1) is 6.92 Å². The molecule has 31 heavy (non-hydrogen) atoms. The van der Waals surface area contributed by atoms with E-state index in [4.69, 9.17) is 4.74 Å². The molecule has 4 rings (SSSR count). The zero-order chi connectivity index (χ0) is 21.6. The third-order valence-electron chi connectivity index (χ3n) is 5.11. The number of para-hydroxylation sites is 1. The maximum atomic E-state index is 12.5. The predicted octanol–water partition coefficient (Wildman–Crippen LogP) is 5.74. The summed E-state index contributed by atoms with van der Waals surface area (Å²) in [4.78, 5) is 13.2. The third kappa shape index (κ3) is 5.50. The van der Waals surface area contributed by atoms with Crippen LogP contribution in [-0.2, 0) is 17.8 Å². The topological polar surface area (TPSA) is 50.4 Å². The van der Waals surface area contributed by atoms with Gasteiger partial charge in [0.1, 0.15) is 12.4 Å². The van der Waals surface area contributed by atoms with Crippen LogP contribution in [0.3, 0.4) is 0 Å². The van der Waals surface area contributed by atoms with Gasteiger partial charge in [-0.1, -0.05) is 78.8 Å². The molecule has 1 amide bonds. The van der Waals surface area contributed by atoms with Crippen molar-refractivity contribution < 1.29 is 9.53 Å². The molecule has 0 bridgehead atoms. The van der Waals surface area contributed by atoms with Gasteiger partial charge in [0, 0.05) is 11.3 Å². The average molecular weight is 431 g/mol. The SMILES string of the molecule is CCc1ccc(N[C@H]2NC(=O)/C(=C/c3ccccc3OCc3ccc(C)cc3)S2)cc1. The Balaban J connectivity index is 1.44. The number of rotatable bonds is 7. The molecule has 1 atom stereocenters. The van der Waals surface area contributed by atoms with Gasteiger partial charge in [0.05, 0.1) is 4.91 Å². The fraction of sp³-hybridized carbons (Fsp3) is 0.192. The van der Waals surface area contributed by atoms with Gasteiger partial charge in [0.25, 0.3) is 5.91 Å². The minimum atomic E-state index is -0.202. The summed E-state index contributed by atoms with van der Waals surface area (Å²) in [6, 6.07) is 24.4. The molecule has 1 aliphatic rings. The van der Waals surface area contributed by atoms with Gasteiger partial charge in [0.2, 0.25) is 0 Å². The Kier molecular flexibility index (Phi) is 6.63. The summed E-state index contributed by atoms with van der Waals surface area (Å²) in [5.41, 5.74) is 5.30. The number of aryl methyl sites for hydroxylation is 2. The summed E-state index contributed by atoms with van der Waals surface area (Å²) >= 11 is 1.48. The summed E-state index contributed by atoms with van der Waals surface area (Å²) in [7, 11) is 0. The second-order valence-electron chi connectivity index (χ2n) is 7.49. The van der Waals surface area contributed by atoms with Crippen LogP contribution in [0.2, 0.25) is 0 Å². The molecule has 158 valence electrons. The van der Waals surface area contributed by atoms with Crippen molar-refractivity contribution in [3.63, 3.8) is 0 Å². The maximum absolute atomic E-state index is 12.5. The number of nitrogens with one attached hydrogen (secondary N) is 2. The van der Waals surface area contributed by atoms with E-state index in [0.29, 0.717) is 11.5 Å². The lowest BCUT2D eigenvalue weighted by atomic mass is 10.1. The van der Waals surface area contributed by atoms with Gasteiger partial charge in [0.15, 0.2) is 5.50 Å². The Labute approximate surface area is 187 Å². The van der Waals surface area contributed by atoms with Crippen LogP contribution in [0.5, 0.6) is 5.75 Å². The number of ether oxygens (including phenoxy) is 1. The van der Waals surface area contributed by atoms with E-state index in [1.807, 2.05) is 42.5 Å². The van der Waals surface area contributed by atoms with Gasteiger partial charge in [-0.3, -0.25) is 4.79 Å². The van der Waals surface area contributed by atoms with Gasteiger partial charge in [-0.2, -0.15) is 0 Å². The van der Waals surface area contributed by atoms with Crippen LogP contribution < -0.4 is 15.4 Å². The molecule has 5 heteroatoms. The molecule has 1 saturated heterocycles. The molecule has 0 aromatic heterocycles. The summed E-state index contributed by atoms with van der Waals surface area (Å²) in [6.45, 7) is 4.69. The van der Waals surface area contributed by atoms with Crippen molar-refractivity contribution in [1.82, 2.24) is 5.32 Å². The number of amides is 1. The fourth-order valence-corrected chi connectivity index (χ4v) is 4.25. The number of hydrogen-bond donors (Lipinski definition) is 2. The molecule has 0 aliphatic carbocycles. The van der Waals surface area contributed by atoms with Crippen molar-refractivity contribution in [2.75, 3.05) is 5.32 Å². The number of carbonyl (C=O) groups excluding carboxylic acids is 1. The molecule has 3 aromatic rings. The second-order valence-corrected chi connectivity index (χ2v) is 8.63. The minimum Gasteiger partial charge on any atom is -0.488 e. The Morgan fingerprint density at radius 2 is 1.71 bits per heavy atom. The molecule has 0 radical (unpaired) electrons. The molecule has 1 fully saturated rings. The highest BCUT2D eigenvalue weighted by atomic mass is 32.2. The molecule has 3 aromatic carbocycles. The number of anilines is 1. The van der Waals surface area contributed by atoms with Crippen LogP contribution in [0.25, 0.3) is 6.08 Å². The lowest BCUT2D eigenvalue weighted by Gasteiger charge is -2.13. The lowest BCUT2D eigenvalue weighted by Crippen LogP contribution is -2.30. The summed E-state index contributed by atoms with van der Waals surface area (Å²) in [5, 5.41) is 6.35. The lowest BCUT2D eigenvalue weighted by molar-refractivity contribution is -0.116. The van der Waals surface area contributed by atoms with Crippen molar-refractivity contribution in [3.05, 3.63) is 100.0 Å². The second kappa shape index (κ2) is 9.75. The van der Waals surface area contributed by atoms with Crippen molar-refractivity contribution >= 4 is 29.4 Å². The fourth-order valence-electron chi connectivity index (χ4n) is 3.27. The van der Waals surface area contributed by atoms with E-state index >= 15 is 0 Å². The van der Waals surface area contributed by atoms with Crippen molar-refractivity contribution in [2.24, 2.45) is 0 Å². The van der Waals surface area contributed by atoms with Crippen LogP contribution in [0.15, 0.2) is 77.7 Å². The highest BCUT2D eigenvalue weighted by Crippen LogP contribution is 2.32. The molecule has 1 heterocycles. The zero-order valence-electron chi connectivity index (χ0n) is 17.7. The molecular formula is C26H26N2O2S. The number of hydrogen-bond acceptors (Lipinski definition) is 4. The van der Waals surface area contributed by atoms with E-state index in [1.165, 1.54) is 22.9 Å². The van der Waals surface area contributed by atoms with E-state index in [9.17, 15) is 4.79 Å². The quantitative estimate of drug-likeness (QED) is 0.470. The molecule has 0 unspecified atom stereocenters. The van der Waals surface area contributed by atoms with E-state index in [0.717, 1.165) is 29.0 Å². The molecule has 0 spiro atoms. The standard InChI is InChI=1S/C26H26N2O2S/c1-3-19-12-14-22(15-13-19)27-26-28-25(29)24(31-26)16-21-6-4-5-7-23(21)30-17-20-10-8-18(2)9-11-20/h4-16,26-27H,3,17H2,1-2H3,(H,28,29)/b24-16-/t26-/m0/s1. The smallest absolute Gasteiger partial charge is 0.260 e. The van der Waals surface area contributed by atoms with Crippen LogP contribution >= 0.6 is 11.8 Å². The normalized spacial score (nSPS) is 16.9. The van der Waals surface area contributed by atoms with Crippen LogP contribution in [-0.4, -0.2) is 11.4 Å². The Bertz CT molecular complexity index is 1080. The average Bonchev–Trinajstić information content (AvgIpc) is 3.13. The maximum Gasteiger partial charge on any atom is 0.260 e. The van der Waals surface area contributed by atoms with Gasteiger partial charge in [-0.25, -0.2) is 0 Å². The Hall–Kier alpha value is -3.18. The molecule has 4 nitrogen and oxygen atoms in total. The first-order valence-electron chi connectivity index (χ1n) is 10.4. The van der Waals surface area contributed by atoms with Gasteiger partial charge >= 0.3 is 0 Å². The minimum absolute atomic E-state index is 0.0824. The van der Waals surface area contributed by atoms with E-state index in [2.05, 4.69) is 60.9 Å². The number of thioether (sulfide) groups is 1. The first-order chi connectivity index (χ1) is 15.1. The molecule has 2 N–H and O–H groups in total. The van der Waals surface area contributed by atoms with Crippen LogP contribution in [0.1, 0.15) is 29.2 Å². The van der Waals surface area contributed by atoms with Gasteiger partial charge < -0.3 is 15.4 Å². The molecular weight excluding hydrogens is 404 g/mol. The third-order valence-corrected chi connectivity index (χ3v) is 6.14. The molecule has 1 aliphatic heterocycles. The highest BCUT2D eigenvalue weighted by Gasteiger charge is 2.27. The largest absolute Gasteiger partial charge is 0.488 e. The summed E-state index contributed by atoms with van der Waals surface area (Å²) in [6.07, 6.45) is 2.90. The van der Waals surface area contributed by atoms with E-state index < -0.39 is 0 Å². The van der Waals surface area contributed by atoms with Crippen molar-refractivity contribution in [1.29, 1.82) is 0 Å². The van der Waals surface area contributed by atoms with Gasteiger partial charge in [-0.15, -0.1) is 0 Å². The van der Waals surface area contributed by atoms with Crippen molar-refractivity contribution in [2.45, 2.75) is 32.4 Å². The predicted molar refractivity (Wildman–Crippen MR) is 129 cm³/mol. The highest BCUT2D eigenvalue weighted by molar-refractivity contribution is 8.05. The van der Waals surface area contributed by atoms with Crippen LogP contribution in [0.4, 0.5) is 5.69 Å². The summed E-state index contributed by atoms with van der Waals surface area (Å²) < 4.78 is 6.05. The van der Waals surface area contributed by atoms with E-state index in [1.54, 1.807) is 0 Å². The van der Waals surface area contributed by atoms with Gasteiger partial charge in [-0.05, 0) is 48.7 Å². The monoisotopic (exact) mass is 430 g/mol. The zero-order valence-corrected chi connectivity index (χ0v) is 18.5. The first kappa shape index (κ1) is 21.1. The van der Waals surface area contributed by atoms with E-state index in [-0.39, 0.29) is 11.4 Å². The van der Waals surface area contributed by atoms with Crippen molar-refractivity contribution in [3.8, 4) is 5.75 Å². The molecule has 0 saturated carbocycles. The Morgan fingerprint density at radius 1 is 1.00 bits per heavy atom.